The largest absolute Gasteiger partial charge is 0.498 e. The van der Waals surface area contributed by atoms with Gasteiger partial charge in [0.15, 0.2) is 0 Å². The molecule has 9 nitrogen and oxygen atoms in total. The van der Waals surface area contributed by atoms with Gasteiger partial charge in [-0.3, -0.25) is 9.36 Å². The smallest absolute Gasteiger partial charge is 0.496 e. The molecule has 2 fully saturated rings. The lowest BCUT2D eigenvalue weighted by Crippen LogP contribution is -2.41. The van der Waals surface area contributed by atoms with Crippen molar-refractivity contribution in [3.05, 3.63) is 22.6 Å². The Bertz CT molecular complexity index is 799. The van der Waals surface area contributed by atoms with E-state index in [-0.39, 0.29) is 6.42 Å². The topological polar surface area (TPSA) is 105 Å². The third-order valence-electron chi connectivity index (χ3n) is 5.79. The van der Waals surface area contributed by atoms with Gasteiger partial charge in [0.05, 0.1) is 44.2 Å². The van der Waals surface area contributed by atoms with E-state index >= 15 is 0 Å². The van der Waals surface area contributed by atoms with Gasteiger partial charge < -0.3 is 28.6 Å². The van der Waals surface area contributed by atoms with Gasteiger partial charge in [0.2, 0.25) is 0 Å². The molecule has 3 heterocycles. The Hall–Kier alpha value is -1.88. The SMILES string of the molecule is COc1cn(C(CC2COCCO2)C(=O)O)c(=O)cc1B1OC(C)(C)C(C)(C)O1. The number of aromatic nitrogens is 1. The van der Waals surface area contributed by atoms with Gasteiger partial charge in [-0.15, -0.1) is 0 Å². The van der Waals surface area contributed by atoms with E-state index in [1.54, 1.807) is 0 Å². The van der Waals surface area contributed by atoms with E-state index in [4.69, 9.17) is 23.5 Å². The van der Waals surface area contributed by atoms with Crippen molar-refractivity contribution in [2.24, 2.45) is 0 Å². The van der Waals surface area contributed by atoms with E-state index in [0.717, 1.165) is 4.57 Å². The van der Waals surface area contributed by atoms with E-state index in [1.807, 2.05) is 27.7 Å². The number of rotatable bonds is 6. The summed E-state index contributed by atoms with van der Waals surface area (Å²) in [6.45, 7) is 8.81. The van der Waals surface area contributed by atoms with Crippen LogP contribution in [0, 0.1) is 0 Å². The second-order valence-corrected chi connectivity index (χ2v) is 8.29. The normalized spacial score (nSPS) is 24.3. The van der Waals surface area contributed by atoms with Gasteiger partial charge in [0.25, 0.3) is 5.56 Å². The van der Waals surface area contributed by atoms with Gasteiger partial charge in [-0.1, -0.05) is 0 Å². The van der Waals surface area contributed by atoms with E-state index in [0.29, 0.717) is 31.0 Å². The van der Waals surface area contributed by atoms with Crippen LogP contribution in [0.4, 0.5) is 0 Å². The van der Waals surface area contributed by atoms with Crippen molar-refractivity contribution in [1.82, 2.24) is 4.57 Å². The first-order valence-electron chi connectivity index (χ1n) is 9.63. The van der Waals surface area contributed by atoms with Crippen LogP contribution in [0.25, 0.3) is 0 Å². The van der Waals surface area contributed by atoms with Crippen LogP contribution in [0.5, 0.6) is 5.75 Å². The Kier molecular flexibility index (Phi) is 6.10. The molecule has 1 N–H and O–H groups in total. The number of methoxy groups -OCH3 is 1. The van der Waals surface area contributed by atoms with Crippen molar-refractivity contribution < 1.29 is 33.4 Å². The molecule has 0 bridgehead atoms. The molecule has 3 rings (SSSR count). The van der Waals surface area contributed by atoms with Crippen molar-refractivity contribution >= 4 is 18.6 Å². The van der Waals surface area contributed by atoms with E-state index in [2.05, 4.69) is 0 Å². The van der Waals surface area contributed by atoms with Crippen LogP contribution < -0.4 is 15.8 Å². The van der Waals surface area contributed by atoms with Crippen molar-refractivity contribution in [3.63, 3.8) is 0 Å². The second kappa shape index (κ2) is 8.10. The van der Waals surface area contributed by atoms with Crippen LogP contribution in [0.1, 0.15) is 40.2 Å². The summed E-state index contributed by atoms with van der Waals surface area (Å²) in [5.74, 6) is -0.818. The number of hydrogen-bond acceptors (Lipinski definition) is 7. The summed E-state index contributed by atoms with van der Waals surface area (Å²) in [6.07, 6.45) is 1.10. The fourth-order valence-corrected chi connectivity index (χ4v) is 3.37. The van der Waals surface area contributed by atoms with Crippen molar-refractivity contribution in [2.45, 2.75) is 57.5 Å². The van der Waals surface area contributed by atoms with Crippen LogP contribution in [0.15, 0.2) is 17.1 Å². The number of aliphatic carboxylic acids is 1. The van der Waals surface area contributed by atoms with Crippen LogP contribution >= 0.6 is 0 Å². The standard InChI is InChI=1S/C19H28BNO8/c1-18(2)19(3,4)29-20(28-18)13-9-16(22)21(10-15(13)25-5)14(17(23)24)8-12-11-26-6-7-27-12/h9-10,12,14H,6-8,11H2,1-5H3,(H,23,24). The predicted octanol–water partition coefficient (Wildman–Crippen LogP) is 0.587. The number of hydrogen-bond donors (Lipinski definition) is 1. The zero-order valence-corrected chi connectivity index (χ0v) is 17.5. The first-order valence-corrected chi connectivity index (χ1v) is 9.63. The third-order valence-corrected chi connectivity index (χ3v) is 5.79. The van der Waals surface area contributed by atoms with Crippen molar-refractivity contribution in [1.29, 1.82) is 0 Å². The highest BCUT2D eigenvalue weighted by atomic mass is 16.7. The zero-order valence-electron chi connectivity index (χ0n) is 17.5. The minimum Gasteiger partial charge on any atom is -0.496 e. The molecule has 0 saturated carbocycles. The number of pyridine rings is 1. The predicted molar refractivity (Wildman–Crippen MR) is 105 cm³/mol. The summed E-state index contributed by atoms with van der Waals surface area (Å²) in [6, 6.07) is 0.199. The van der Waals surface area contributed by atoms with E-state index in [9.17, 15) is 14.7 Å². The monoisotopic (exact) mass is 409 g/mol. The fraction of sp³-hybridized carbons (Fsp3) is 0.684. The van der Waals surface area contributed by atoms with Crippen molar-refractivity contribution in [3.8, 4) is 5.75 Å². The summed E-state index contributed by atoms with van der Waals surface area (Å²) >= 11 is 0. The van der Waals surface area contributed by atoms with Crippen LogP contribution in [-0.2, 0) is 23.6 Å². The maximum absolute atomic E-state index is 12.8. The first-order chi connectivity index (χ1) is 13.6. The summed E-state index contributed by atoms with van der Waals surface area (Å²) in [5, 5.41) is 9.72. The first kappa shape index (κ1) is 21.8. The Morgan fingerprint density at radius 2 is 1.97 bits per heavy atom. The number of ether oxygens (including phenoxy) is 3. The minimum absolute atomic E-state index is 0.105. The number of carbonyl (C=O) groups is 1. The average Bonchev–Trinajstić information content (AvgIpc) is 2.88. The highest BCUT2D eigenvalue weighted by Gasteiger charge is 2.52. The molecular formula is C19H28BNO8. The lowest BCUT2D eigenvalue weighted by atomic mass is 9.79. The number of nitrogens with zero attached hydrogens (tertiary/aromatic N) is 1. The molecule has 0 amide bonds. The van der Waals surface area contributed by atoms with Gasteiger partial charge >= 0.3 is 13.1 Å². The summed E-state index contributed by atoms with van der Waals surface area (Å²) in [4.78, 5) is 24.7. The lowest BCUT2D eigenvalue weighted by Gasteiger charge is -2.32. The third kappa shape index (κ3) is 4.35. The Morgan fingerprint density at radius 3 is 2.48 bits per heavy atom. The highest BCUT2D eigenvalue weighted by Crippen LogP contribution is 2.37. The van der Waals surface area contributed by atoms with Gasteiger partial charge in [0, 0.05) is 24.1 Å². The summed E-state index contributed by atoms with van der Waals surface area (Å²) in [5.41, 5.74) is -1.23. The second-order valence-electron chi connectivity index (χ2n) is 8.29. The number of carboxylic acids is 1. The fourth-order valence-electron chi connectivity index (χ4n) is 3.37. The molecule has 10 heteroatoms. The van der Waals surface area contributed by atoms with Crippen LogP contribution in [0.3, 0.4) is 0 Å². The van der Waals surface area contributed by atoms with Crippen LogP contribution in [-0.4, -0.2) is 67.0 Å². The molecule has 160 valence electrons. The Balaban J connectivity index is 1.93. The van der Waals surface area contributed by atoms with Crippen LogP contribution in [0.2, 0.25) is 0 Å². The van der Waals surface area contributed by atoms with E-state index in [1.165, 1.54) is 19.4 Å². The van der Waals surface area contributed by atoms with Gasteiger partial charge in [-0.25, -0.2) is 4.79 Å². The summed E-state index contributed by atoms with van der Waals surface area (Å²) in [7, 11) is 0.655. The quantitative estimate of drug-likeness (QED) is 0.681. The molecule has 1 aromatic rings. The molecule has 2 unspecified atom stereocenters. The van der Waals surface area contributed by atoms with Crippen molar-refractivity contribution in [2.75, 3.05) is 26.9 Å². The molecule has 0 aliphatic carbocycles. The van der Waals surface area contributed by atoms with Gasteiger partial charge in [-0.05, 0) is 27.7 Å². The maximum atomic E-state index is 12.8. The zero-order chi connectivity index (χ0) is 21.4. The molecule has 2 aliphatic rings. The van der Waals surface area contributed by atoms with Gasteiger partial charge in [-0.2, -0.15) is 0 Å². The van der Waals surface area contributed by atoms with Gasteiger partial charge in [0.1, 0.15) is 11.8 Å². The summed E-state index contributed by atoms with van der Waals surface area (Å²) < 4.78 is 29.5. The molecule has 2 atom stereocenters. The molecule has 2 aliphatic heterocycles. The minimum atomic E-state index is -1.13. The molecule has 2 saturated heterocycles. The molecular weight excluding hydrogens is 381 g/mol. The molecule has 0 aromatic carbocycles. The molecule has 0 radical (unpaired) electrons. The highest BCUT2D eigenvalue weighted by molar-refractivity contribution is 6.63. The average molecular weight is 409 g/mol. The lowest BCUT2D eigenvalue weighted by molar-refractivity contribution is -0.145. The molecule has 0 spiro atoms. The maximum Gasteiger partial charge on any atom is 0.498 e. The Morgan fingerprint density at radius 1 is 1.31 bits per heavy atom. The molecule has 29 heavy (non-hydrogen) atoms. The Labute approximate surface area is 170 Å². The molecule has 1 aromatic heterocycles. The number of carboxylic acid groups (broad SMARTS) is 1. The van der Waals surface area contributed by atoms with E-state index < -0.39 is 42.0 Å².